The number of nitrogens with zero attached hydrogens (tertiary/aromatic N) is 1. The summed E-state index contributed by atoms with van der Waals surface area (Å²) in [6, 6.07) is 0. The predicted octanol–water partition coefficient (Wildman–Crippen LogP) is 2.91. The molecule has 0 aromatic carbocycles. The van der Waals surface area contributed by atoms with Crippen molar-refractivity contribution in [3.05, 3.63) is 33.1 Å². The minimum absolute atomic E-state index is 0.0437. The maximum Gasteiger partial charge on any atom is 0.352 e. The van der Waals surface area contributed by atoms with Gasteiger partial charge in [0.05, 0.1) is 11.3 Å². The Morgan fingerprint density at radius 2 is 2.00 bits per heavy atom. The Kier molecular flexibility index (Phi) is 4.13. The van der Waals surface area contributed by atoms with E-state index in [0.29, 0.717) is 22.0 Å². The number of carboxylic acids is 1. The van der Waals surface area contributed by atoms with Gasteiger partial charge >= 0.3 is 5.97 Å². The molecule has 2 rings (SSSR count). The Morgan fingerprint density at radius 3 is 2.48 bits per heavy atom. The van der Waals surface area contributed by atoms with E-state index in [-0.39, 0.29) is 11.6 Å². The van der Waals surface area contributed by atoms with Crippen LogP contribution in [0.3, 0.4) is 0 Å². The van der Waals surface area contributed by atoms with Crippen molar-refractivity contribution in [1.29, 1.82) is 0 Å². The van der Waals surface area contributed by atoms with E-state index < -0.39 is 5.97 Å². The number of carbonyl (C=O) groups is 2. The van der Waals surface area contributed by atoms with E-state index in [1.807, 2.05) is 13.8 Å². The summed E-state index contributed by atoms with van der Waals surface area (Å²) in [5, 5.41) is 12.4. The number of aromatic amines is 1. The van der Waals surface area contributed by atoms with E-state index in [1.54, 1.807) is 13.8 Å². The van der Waals surface area contributed by atoms with Gasteiger partial charge in [0.25, 0.3) is 5.91 Å². The highest BCUT2D eigenvalue weighted by molar-refractivity contribution is 7.15. The lowest BCUT2D eigenvalue weighted by molar-refractivity contribution is 0.0690. The summed E-state index contributed by atoms with van der Waals surface area (Å²) in [5.41, 5.74) is 2.33. The first-order chi connectivity index (χ1) is 9.85. The van der Waals surface area contributed by atoms with Crippen LogP contribution in [0.15, 0.2) is 0 Å². The average Bonchev–Trinajstić information content (AvgIpc) is 2.89. The van der Waals surface area contributed by atoms with Gasteiger partial charge in [0, 0.05) is 10.6 Å². The fraction of sp³-hybridized carbons (Fsp3) is 0.357. The molecule has 0 saturated carbocycles. The molecule has 0 saturated heterocycles. The molecule has 0 fully saturated rings. The number of aromatic carboxylic acids is 1. The van der Waals surface area contributed by atoms with Crippen LogP contribution >= 0.6 is 11.3 Å². The lowest BCUT2D eigenvalue weighted by atomic mass is 10.1. The number of H-pyrrole nitrogens is 1. The van der Waals surface area contributed by atoms with Crippen LogP contribution in [0.25, 0.3) is 0 Å². The van der Waals surface area contributed by atoms with Gasteiger partial charge in [-0.2, -0.15) is 0 Å². The number of thiazole rings is 1. The average molecular weight is 307 g/mol. The summed E-state index contributed by atoms with van der Waals surface area (Å²) in [6.45, 7) is 7.26. The van der Waals surface area contributed by atoms with Gasteiger partial charge in [0.15, 0.2) is 5.13 Å². The maximum absolute atomic E-state index is 12.3. The molecule has 0 unspecified atom stereocenters. The van der Waals surface area contributed by atoms with Crippen LogP contribution in [0.4, 0.5) is 5.13 Å². The third-order valence-electron chi connectivity index (χ3n) is 3.33. The Hall–Kier alpha value is -2.15. The summed E-state index contributed by atoms with van der Waals surface area (Å²) in [6.07, 6.45) is 0.809. The Balaban J connectivity index is 2.30. The van der Waals surface area contributed by atoms with E-state index in [1.165, 1.54) is 11.3 Å². The highest BCUT2D eigenvalue weighted by Crippen LogP contribution is 2.24. The number of anilines is 1. The van der Waals surface area contributed by atoms with Crippen LogP contribution in [0.5, 0.6) is 0 Å². The van der Waals surface area contributed by atoms with Crippen molar-refractivity contribution in [2.24, 2.45) is 0 Å². The van der Waals surface area contributed by atoms with Gasteiger partial charge in [-0.15, -0.1) is 11.3 Å². The van der Waals surface area contributed by atoms with Gasteiger partial charge in [0.1, 0.15) is 5.69 Å². The fourth-order valence-electron chi connectivity index (χ4n) is 2.27. The van der Waals surface area contributed by atoms with Gasteiger partial charge < -0.3 is 10.1 Å². The zero-order valence-corrected chi connectivity index (χ0v) is 13.1. The number of hydrogen-bond donors (Lipinski definition) is 3. The van der Waals surface area contributed by atoms with Gasteiger partial charge in [-0.3, -0.25) is 10.1 Å². The van der Waals surface area contributed by atoms with Crippen LogP contribution in [0.1, 0.15) is 49.6 Å². The predicted molar refractivity (Wildman–Crippen MR) is 81.4 cm³/mol. The quantitative estimate of drug-likeness (QED) is 0.809. The van der Waals surface area contributed by atoms with Crippen molar-refractivity contribution >= 4 is 28.3 Å². The number of nitrogens with one attached hydrogen (secondary N) is 2. The molecule has 1 amide bonds. The molecule has 0 radical (unpaired) electrons. The molecule has 0 aliphatic carbocycles. The van der Waals surface area contributed by atoms with E-state index in [0.717, 1.165) is 17.0 Å². The SMILES string of the molecule is CCc1nc(NC(=O)c2c(C)[nH]c(C(=O)O)c2C)sc1C. The maximum atomic E-state index is 12.3. The molecule has 0 aliphatic rings. The molecule has 6 nitrogen and oxygen atoms in total. The second kappa shape index (κ2) is 5.69. The highest BCUT2D eigenvalue weighted by Gasteiger charge is 2.22. The first-order valence-electron chi connectivity index (χ1n) is 6.55. The van der Waals surface area contributed by atoms with Gasteiger partial charge in [-0.1, -0.05) is 6.92 Å². The highest BCUT2D eigenvalue weighted by atomic mass is 32.1. The third-order valence-corrected chi connectivity index (χ3v) is 4.25. The summed E-state index contributed by atoms with van der Waals surface area (Å²) < 4.78 is 0. The molecule has 112 valence electrons. The van der Waals surface area contributed by atoms with Gasteiger partial charge in [-0.05, 0) is 32.8 Å². The van der Waals surface area contributed by atoms with E-state index >= 15 is 0 Å². The molecule has 0 atom stereocenters. The topological polar surface area (TPSA) is 95.1 Å². The van der Waals surface area contributed by atoms with Crippen LogP contribution in [0, 0.1) is 20.8 Å². The Morgan fingerprint density at radius 1 is 1.33 bits per heavy atom. The summed E-state index contributed by atoms with van der Waals surface area (Å²) >= 11 is 1.42. The first-order valence-corrected chi connectivity index (χ1v) is 7.36. The second-order valence-corrected chi connectivity index (χ2v) is 5.96. The summed E-state index contributed by atoms with van der Waals surface area (Å²) in [5.74, 6) is -1.42. The van der Waals surface area contributed by atoms with Crippen LogP contribution in [0.2, 0.25) is 0 Å². The molecule has 3 N–H and O–H groups in total. The summed E-state index contributed by atoms with van der Waals surface area (Å²) in [4.78, 5) is 31.6. The molecule has 21 heavy (non-hydrogen) atoms. The number of carboxylic acid groups (broad SMARTS) is 1. The number of aromatic nitrogens is 2. The molecule has 0 aliphatic heterocycles. The fourth-order valence-corrected chi connectivity index (χ4v) is 3.17. The van der Waals surface area contributed by atoms with Crippen LogP contribution in [-0.4, -0.2) is 27.0 Å². The minimum atomic E-state index is -1.08. The lowest BCUT2D eigenvalue weighted by Crippen LogP contribution is -2.13. The molecular formula is C14H17N3O3S. The smallest absolute Gasteiger partial charge is 0.352 e. The van der Waals surface area contributed by atoms with Crippen LogP contribution in [-0.2, 0) is 6.42 Å². The van der Waals surface area contributed by atoms with Crippen molar-refractivity contribution in [1.82, 2.24) is 9.97 Å². The number of rotatable bonds is 4. The molecule has 7 heteroatoms. The van der Waals surface area contributed by atoms with Crippen molar-refractivity contribution in [3.63, 3.8) is 0 Å². The zero-order valence-electron chi connectivity index (χ0n) is 12.3. The molecule has 2 heterocycles. The number of carbonyl (C=O) groups excluding carboxylic acids is 1. The third kappa shape index (κ3) is 2.82. The largest absolute Gasteiger partial charge is 0.477 e. The molecular weight excluding hydrogens is 290 g/mol. The van der Waals surface area contributed by atoms with Crippen molar-refractivity contribution in [2.45, 2.75) is 34.1 Å². The van der Waals surface area contributed by atoms with Crippen molar-refractivity contribution in [2.75, 3.05) is 5.32 Å². The second-order valence-electron chi connectivity index (χ2n) is 4.76. The van der Waals surface area contributed by atoms with E-state index in [2.05, 4.69) is 15.3 Å². The van der Waals surface area contributed by atoms with Gasteiger partial charge in [0.2, 0.25) is 0 Å². The molecule has 0 spiro atoms. The van der Waals surface area contributed by atoms with E-state index in [4.69, 9.17) is 5.11 Å². The number of hydrogen-bond acceptors (Lipinski definition) is 4. The lowest BCUT2D eigenvalue weighted by Gasteiger charge is -2.02. The first kappa shape index (κ1) is 15.2. The van der Waals surface area contributed by atoms with Crippen molar-refractivity contribution in [3.8, 4) is 0 Å². The number of amides is 1. The zero-order chi connectivity index (χ0) is 15.7. The Bertz CT molecular complexity index is 715. The summed E-state index contributed by atoms with van der Waals surface area (Å²) in [7, 11) is 0. The van der Waals surface area contributed by atoms with Gasteiger partial charge in [-0.25, -0.2) is 9.78 Å². The normalized spacial score (nSPS) is 10.7. The standard InChI is InChI=1S/C14H17N3O3S/c1-5-9-8(4)21-14(16-9)17-12(18)10-6(2)11(13(19)20)15-7(10)3/h15H,5H2,1-4H3,(H,19,20)(H,16,17,18). The van der Waals surface area contributed by atoms with Crippen LogP contribution < -0.4 is 5.32 Å². The molecule has 0 bridgehead atoms. The molecule has 2 aromatic rings. The minimum Gasteiger partial charge on any atom is -0.477 e. The monoisotopic (exact) mass is 307 g/mol. The number of aryl methyl sites for hydroxylation is 3. The Labute approximate surface area is 126 Å². The van der Waals surface area contributed by atoms with Crippen molar-refractivity contribution < 1.29 is 14.7 Å². The molecule has 2 aromatic heterocycles. The van der Waals surface area contributed by atoms with E-state index in [9.17, 15) is 9.59 Å².